The van der Waals surface area contributed by atoms with E-state index in [0.29, 0.717) is 11.1 Å². The summed E-state index contributed by atoms with van der Waals surface area (Å²) in [6.07, 6.45) is 0. The summed E-state index contributed by atoms with van der Waals surface area (Å²) in [6.45, 7) is 0. The Labute approximate surface area is 171 Å². The van der Waals surface area contributed by atoms with Gasteiger partial charge in [-0.3, -0.25) is 24.5 Å². The Hall–Kier alpha value is -3.93. The number of nitrogens with zero attached hydrogens (tertiary/aromatic N) is 1. The van der Waals surface area contributed by atoms with Crippen molar-refractivity contribution in [2.75, 3.05) is 0 Å². The average molecular weight is 397 g/mol. The number of ketones is 3. The summed E-state index contributed by atoms with van der Waals surface area (Å²) in [7, 11) is 0. The van der Waals surface area contributed by atoms with Gasteiger partial charge in [-0.15, -0.1) is 0 Å². The molecule has 1 saturated carbocycles. The molecule has 0 heterocycles. The zero-order valence-electron chi connectivity index (χ0n) is 15.6. The van der Waals surface area contributed by atoms with Crippen LogP contribution in [0, 0.1) is 21.4 Å². The van der Waals surface area contributed by atoms with Gasteiger partial charge in [-0.05, 0) is 5.56 Å². The molecule has 0 aliphatic heterocycles. The van der Waals surface area contributed by atoms with Crippen LogP contribution < -0.4 is 0 Å². The summed E-state index contributed by atoms with van der Waals surface area (Å²) in [4.78, 5) is 50.8. The van der Waals surface area contributed by atoms with Crippen LogP contribution in [0.25, 0.3) is 0 Å². The van der Waals surface area contributed by atoms with Gasteiger partial charge in [0.1, 0.15) is 5.41 Å². The molecule has 30 heavy (non-hydrogen) atoms. The molecule has 0 bridgehead atoms. The molecule has 6 heteroatoms. The highest BCUT2D eigenvalue weighted by atomic mass is 16.6. The normalized spacial score (nSPS) is 20.8. The van der Waals surface area contributed by atoms with Gasteiger partial charge < -0.3 is 0 Å². The number of fused-ring (bicyclic) bond motifs is 1. The van der Waals surface area contributed by atoms with E-state index in [1.807, 2.05) is 6.07 Å². The van der Waals surface area contributed by atoms with E-state index in [0.717, 1.165) is 5.56 Å². The molecule has 0 aromatic heterocycles. The van der Waals surface area contributed by atoms with Crippen LogP contribution in [-0.4, -0.2) is 22.3 Å². The van der Waals surface area contributed by atoms with Crippen molar-refractivity contribution in [3.63, 3.8) is 0 Å². The van der Waals surface area contributed by atoms with E-state index in [9.17, 15) is 24.5 Å². The van der Waals surface area contributed by atoms with E-state index < -0.39 is 28.0 Å². The van der Waals surface area contributed by atoms with E-state index in [4.69, 9.17) is 0 Å². The number of non-ortho nitro benzene ring substituents is 1. The highest BCUT2D eigenvalue weighted by Crippen LogP contribution is 2.70. The summed E-state index contributed by atoms with van der Waals surface area (Å²) in [5.74, 6) is -2.62. The Kier molecular flexibility index (Phi) is 3.80. The van der Waals surface area contributed by atoms with Gasteiger partial charge in [-0.1, -0.05) is 66.7 Å². The summed E-state index contributed by atoms with van der Waals surface area (Å²) >= 11 is 0. The number of carbonyl (C=O) groups excluding carboxylic acids is 3. The van der Waals surface area contributed by atoms with Gasteiger partial charge in [0.25, 0.3) is 5.69 Å². The molecule has 0 saturated heterocycles. The van der Waals surface area contributed by atoms with E-state index in [1.165, 1.54) is 24.3 Å². The summed E-state index contributed by atoms with van der Waals surface area (Å²) in [5.41, 5.74) is -0.165. The van der Waals surface area contributed by atoms with Crippen molar-refractivity contribution < 1.29 is 19.3 Å². The SMILES string of the molecule is O=C(c1cccc([N+](=O)[O-])c1)[C@H]1[C@H](c2ccccc2)C12C(=O)c1ccccc1C2=O. The van der Waals surface area contributed by atoms with Crippen LogP contribution in [0.3, 0.4) is 0 Å². The van der Waals surface area contributed by atoms with Gasteiger partial charge in [0, 0.05) is 34.7 Å². The largest absolute Gasteiger partial charge is 0.294 e. The Morgan fingerprint density at radius 1 is 0.833 bits per heavy atom. The molecule has 0 radical (unpaired) electrons. The predicted molar refractivity (Wildman–Crippen MR) is 108 cm³/mol. The molecule has 5 rings (SSSR count). The third-order valence-corrected chi connectivity index (χ3v) is 6.16. The molecule has 146 valence electrons. The fourth-order valence-corrected chi connectivity index (χ4v) is 4.81. The maximum absolute atomic E-state index is 13.4. The van der Waals surface area contributed by atoms with Crippen molar-refractivity contribution in [1.29, 1.82) is 0 Å². The predicted octanol–water partition coefficient (Wildman–Crippen LogP) is 4.26. The second-order valence-electron chi connectivity index (χ2n) is 7.61. The lowest BCUT2D eigenvalue weighted by Crippen LogP contribution is -2.23. The first-order chi connectivity index (χ1) is 14.5. The quantitative estimate of drug-likeness (QED) is 0.284. The number of hydrogen-bond acceptors (Lipinski definition) is 5. The average Bonchev–Trinajstić information content (AvgIpc) is 3.44. The molecule has 2 atom stereocenters. The van der Waals surface area contributed by atoms with Gasteiger partial charge >= 0.3 is 0 Å². The highest BCUT2D eigenvalue weighted by molar-refractivity contribution is 6.35. The summed E-state index contributed by atoms with van der Waals surface area (Å²) in [5, 5.41) is 11.1. The van der Waals surface area contributed by atoms with Gasteiger partial charge in [-0.2, -0.15) is 0 Å². The molecule has 0 N–H and O–H groups in total. The van der Waals surface area contributed by atoms with Crippen molar-refractivity contribution in [3.8, 4) is 0 Å². The van der Waals surface area contributed by atoms with Gasteiger partial charge in [0.05, 0.1) is 10.8 Å². The third kappa shape index (κ3) is 2.27. The number of Topliss-reactive ketones (excluding diaryl/α,β-unsaturated/α-hetero) is 3. The van der Waals surface area contributed by atoms with Crippen LogP contribution in [0.1, 0.15) is 42.6 Å². The van der Waals surface area contributed by atoms with Crippen molar-refractivity contribution in [2.45, 2.75) is 5.92 Å². The molecule has 3 aromatic carbocycles. The molecule has 3 aromatic rings. The maximum Gasteiger partial charge on any atom is 0.270 e. The fourth-order valence-electron chi connectivity index (χ4n) is 4.81. The van der Waals surface area contributed by atoms with Crippen molar-refractivity contribution in [2.24, 2.45) is 11.3 Å². The van der Waals surface area contributed by atoms with E-state index in [1.54, 1.807) is 48.5 Å². The number of hydrogen-bond donors (Lipinski definition) is 0. The standard InChI is InChI=1S/C24H15NO5/c26-21(15-9-6-10-16(13-15)25(29)30)20-19(14-7-2-1-3-8-14)24(20)22(27)17-11-4-5-12-18(17)23(24)28/h1-13,19-20H/t19-,20+/m0/s1. The van der Waals surface area contributed by atoms with Crippen molar-refractivity contribution in [3.05, 3.63) is 111 Å². The number of carbonyl (C=O) groups is 3. The van der Waals surface area contributed by atoms with Gasteiger partial charge in [0.15, 0.2) is 17.3 Å². The number of benzene rings is 3. The molecule has 1 spiro atoms. The monoisotopic (exact) mass is 397 g/mol. The van der Waals surface area contributed by atoms with Crippen LogP contribution in [0.15, 0.2) is 78.9 Å². The van der Waals surface area contributed by atoms with E-state index >= 15 is 0 Å². The lowest BCUT2D eigenvalue weighted by atomic mass is 9.91. The second-order valence-corrected chi connectivity index (χ2v) is 7.61. The van der Waals surface area contributed by atoms with Crippen molar-refractivity contribution >= 4 is 23.0 Å². The first-order valence-electron chi connectivity index (χ1n) is 9.50. The summed E-state index contributed by atoms with van der Waals surface area (Å²) in [6, 6.07) is 21.1. The van der Waals surface area contributed by atoms with E-state index in [-0.39, 0.29) is 22.8 Å². The van der Waals surface area contributed by atoms with Gasteiger partial charge in [-0.25, -0.2) is 0 Å². The molecule has 2 aliphatic rings. The molecule has 6 nitrogen and oxygen atoms in total. The lowest BCUT2D eigenvalue weighted by molar-refractivity contribution is -0.384. The van der Waals surface area contributed by atoms with Crippen LogP contribution in [-0.2, 0) is 0 Å². The highest BCUT2D eigenvalue weighted by Gasteiger charge is 2.78. The van der Waals surface area contributed by atoms with Crippen LogP contribution in [0.4, 0.5) is 5.69 Å². The minimum absolute atomic E-state index is 0.128. The first-order valence-corrected chi connectivity index (χ1v) is 9.50. The molecular weight excluding hydrogens is 382 g/mol. The number of nitro benzene ring substituents is 1. The Morgan fingerprint density at radius 2 is 1.43 bits per heavy atom. The topological polar surface area (TPSA) is 94.3 Å². The molecule has 0 amide bonds. The van der Waals surface area contributed by atoms with Crippen LogP contribution in [0.2, 0.25) is 0 Å². The Balaban J connectivity index is 1.65. The zero-order valence-corrected chi connectivity index (χ0v) is 15.6. The Morgan fingerprint density at radius 3 is 2.03 bits per heavy atom. The molecule has 0 unspecified atom stereocenters. The summed E-state index contributed by atoms with van der Waals surface area (Å²) < 4.78 is 0. The molecule has 2 aliphatic carbocycles. The van der Waals surface area contributed by atoms with E-state index in [2.05, 4.69) is 0 Å². The smallest absolute Gasteiger partial charge is 0.270 e. The van der Waals surface area contributed by atoms with Crippen molar-refractivity contribution in [1.82, 2.24) is 0 Å². The zero-order chi connectivity index (χ0) is 21.0. The van der Waals surface area contributed by atoms with Crippen LogP contribution >= 0.6 is 0 Å². The Bertz CT molecular complexity index is 1210. The van der Waals surface area contributed by atoms with Crippen LogP contribution in [0.5, 0.6) is 0 Å². The third-order valence-electron chi connectivity index (χ3n) is 6.16. The number of nitro groups is 1. The molecular formula is C24H15NO5. The number of rotatable bonds is 4. The minimum Gasteiger partial charge on any atom is -0.294 e. The lowest BCUT2D eigenvalue weighted by Gasteiger charge is -2.06. The van der Waals surface area contributed by atoms with Gasteiger partial charge in [0.2, 0.25) is 0 Å². The fraction of sp³-hybridized carbons (Fsp3) is 0.125. The molecule has 1 fully saturated rings. The first kappa shape index (κ1) is 18.1. The second kappa shape index (κ2) is 6.29. The maximum atomic E-state index is 13.4. The minimum atomic E-state index is -1.48.